The summed E-state index contributed by atoms with van der Waals surface area (Å²) in [4.78, 5) is 12.2. The molecule has 1 N–H and O–H groups in total. The normalized spacial score (nSPS) is 12.2. The van der Waals surface area contributed by atoms with Crippen molar-refractivity contribution in [3.8, 4) is 0 Å². The Morgan fingerprint density at radius 1 is 1.32 bits per heavy atom. The lowest BCUT2D eigenvalue weighted by molar-refractivity contribution is 0.0931. The lowest BCUT2D eigenvalue weighted by atomic mass is 10.0. The van der Waals surface area contributed by atoms with Gasteiger partial charge in [0.25, 0.3) is 5.91 Å². The highest BCUT2D eigenvalue weighted by atomic mass is 79.9. The Balaban J connectivity index is 2.69. The number of unbranched alkanes of at least 4 members (excludes halogenated alkanes) is 1. The van der Waals surface area contributed by atoms with Crippen LogP contribution in [-0.4, -0.2) is 11.9 Å². The molecule has 1 amide bonds. The number of amides is 1. The average molecular weight is 347 g/mol. The lowest BCUT2D eigenvalue weighted by Gasteiger charge is -2.18. The van der Waals surface area contributed by atoms with Crippen molar-refractivity contribution in [2.45, 2.75) is 52.0 Å². The van der Waals surface area contributed by atoms with Crippen molar-refractivity contribution in [1.29, 1.82) is 0 Å². The Bertz CT molecular complexity index is 423. The summed E-state index contributed by atoms with van der Waals surface area (Å²) in [5.41, 5.74) is 0.641. The zero-order valence-electron chi connectivity index (χ0n) is 11.5. The summed E-state index contributed by atoms with van der Waals surface area (Å²) in [6.07, 6.45) is 5.45. The first kappa shape index (κ1) is 16.5. The number of benzene rings is 1. The first-order valence-electron chi connectivity index (χ1n) is 6.84. The molecule has 1 atom stereocenters. The standard InChI is InChI=1S/C15H21BrClNO/c1-3-5-7-12(6-4-2)18-15(19)13-9-8-11(17)10-14(13)16/h8-10,12H,3-7H2,1-2H3,(H,18,19). The average Bonchev–Trinajstić information content (AvgIpc) is 2.36. The van der Waals surface area contributed by atoms with E-state index in [4.69, 9.17) is 11.6 Å². The Morgan fingerprint density at radius 2 is 2.05 bits per heavy atom. The monoisotopic (exact) mass is 345 g/mol. The predicted octanol–water partition coefficient (Wildman–Crippen LogP) is 5.19. The van der Waals surface area contributed by atoms with E-state index in [1.54, 1.807) is 18.2 Å². The Kier molecular flexibility index (Phi) is 7.47. The van der Waals surface area contributed by atoms with Crippen LogP contribution in [0.5, 0.6) is 0 Å². The van der Waals surface area contributed by atoms with Crippen molar-refractivity contribution in [2.75, 3.05) is 0 Å². The van der Waals surface area contributed by atoms with Gasteiger partial charge >= 0.3 is 0 Å². The van der Waals surface area contributed by atoms with E-state index >= 15 is 0 Å². The van der Waals surface area contributed by atoms with Crippen LogP contribution in [0, 0.1) is 0 Å². The molecule has 0 aromatic heterocycles. The molecule has 0 fully saturated rings. The second kappa shape index (κ2) is 8.60. The maximum atomic E-state index is 12.2. The molecule has 1 aromatic rings. The molecule has 0 aliphatic heterocycles. The van der Waals surface area contributed by atoms with Gasteiger partial charge in [-0.15, -0.1) is 0 Å². The quantitative estimate of drug-likeness (QED) is 0.723. The van der Waals surface area contributed by atoms with Crippen molar-refractivity contribution in [1.82, 2.24) is 5.32 Å². The maximum absolute atomic E-state index is 12.2. The molecule has 0 aliphatic carbocycles. The zero-order valence-corrected chi connectivity index (χ0v) is 13.9. The lowest BCUT2D eigenvalue weighted by Crippen LogP contribution is -2.34. The van der Waals surface area contributed by atoms with Gasteiger partial charge < -0.3 is 5.32 Å². The number of hydrogen-bond donors (Lipinski definition) is 1. The van der Waals surface area contributed by atoms with E-state index in [-0.39, 0.29) is 11.9 Å². The van der Waals surface area contributed by atoms with Crippen molar-refractivity contribution < 1.29 is 4.79 Å². The van der Waals surface area contributed by atoms with Crippen LogP contribution in [0.1, 0.15) is 56.3 Å². The summed E-state index contributed by atoms with van der Waals surface area (Å²) in [7, 11) is 0. The van der Waals surface area contributed by atoms with Crippen LogP contribution >= 0.6 is 27.5 Å². The minimum Gasteiger partial charge on any atom is -0.349 e. The molecule has 0 bridgehead atoms. The van der Waals surface area contributed by atoms with Gasteiger partial charge in [-0.1, -0.05) is 44.7 Å². The highest BCUT2D eigenvalue weighted by Crippen LogP contribution is 2.22. The van der Waals surface area contributed by atoms with Gasteiger partial charge in [0, 0.05) is 15.5 Å². The number of carbonyl (C=O) groups is 1. The Morgan fingerprint density at radius 3 is 2.63 bits per heavy atom. The fraction of sp³-hybridized carbons (Fsp3) is 0.533. The van der Waals surface area contributed by atoms with Crippen molar-refractivity contribution in [3.05, 3.63) is 33.3 Å². The van der Waals surface area contributed by atoms with E-state index < -0.39 is 0 Å². The van der Waals surface area contributed by atoms with Crippen molar-refractivity contribution in [3.63, 3.8) is 0 Å². The molecule has 4 heteroatoms. The third kappa shape index (κ3) is 5.53. The van der Waals surface area contributed by atoms with Gasteiger partial charge in [0.15, 0.2) is 0 Å². The fourth-order valence-electron chi connectivity index (χ4n) is 2.02. The molecule has 0 heterocycles. The number of nitrogens with one attached hydrogen (secondary N) is 1. The smallest absolute Gasteiger partial charge is 0.252 e. The van der Waals surface area contributed by atoms with Gasteiger partial charge in [-0.3, -0.25) is 4.79 Å². The molecular weight excluding hydrogens is 326 g/mol. The Labute approximate surface area is 129 Å². The molecule has 0 saturated heterocycles. The van der Waals surface area contributed by atoms with Gasteiger partial charge in [0.05, 0.1) is 5.56 Å². The summed E-state index contributed by atoms with van der Waals surface area (Å²) >= 11 is 9.27. The second-order valence-electron chi connectivity index (χ2n) is 4.73. The van der Waals surface area contributed by atoms with Gasteiger partial charge in [0.2, 0.25) is 0 Å². The van der Waals surface area contributed by atoms with E-state index in [9.17, 15) is 4.79 Å². The van der Waals surface area contributed by atoms with Gasteiger partial charge in [0.1, 0.15) is 0 Å². The van der Waals surface area contributed by atoms with Gasteiger partial charge in [-0.2, -0.15) is 0 Å². The molecule has 19 heavy (non-hydrogen) atoms. The summed E-state index contributed by atoms with van der Waals surface area (Å²) in [5.74, 6) is -0.0295. The van der Waals surface area contributed by atoms with Gasteiger partial charge in [-0.25, -0.2) is 0 Å². The number of rotatable bonds is 7. The number of halogens is 2. The second-order valence-corrected chi connectivity index (χ2v) is 6.02. The van der Waals surface area contributed by atoms with Crippen LogP contribution < -0.4 is 5.32 Å². The first-order chi connectivity index (χ1) is 9.08. The van der Waals surface area contributed by atoms with E-state index in [0.717, 1.165) is 36.6 Å². The van der Waals surface area contributed by atoms with Crippen LogP contribution in [0.2, 0.25) is 5.02 Å². The molecule has 0 radical (unpaired) electrons. The van der Waals surface area contributed by atoms with Crippen molar-refractivity contribution >= 4 is 33.4 Å². The SMILES string of the molecule is CCCCC(CCC)NC(=O)c1ccc(Cl)cc1Br. The first-order valence-corrected chi connectivity index (χ1v) is 8.01. The van der Waals surface area contributed by atoms with Crippen LogP contribution in [0.4, 0.5) is 0 Å². The van der Waals surface area contributed by atoms with Crippen LogP contribution in [-0.2, 0) is 0 Å². The largest absolute Gasteiger partial charge is 0.349 e. The molecule has 1 aromatic carbocycles. The minimum absolute atomic E-state index is 0.0295. The summed E-state index contributed by atoms with van der Waals surface area (Å²) in [6.45, 7) is 4.31. The topological polar surface area (TPSA) is 29.1 Å². The van der Waals surface area contributed by atoms with Crippen LogP contribution in [0.3, 0.4) is 0 Å². The molecule has 106 valence electrons. The fourth-order valence-corrected chi connectivity index (χ4v) is 2.89. The van der Waals surface area contributed by atoms with E-state index in [1.807, 2.05) is 0 Å². The predicted molar refractivity (Wildman–Crippen MR) is 84.8 cm³/mol. The molecule has 2 nitrogen and oxygen atoms in total. The molecule has 0 aliphatic rings. The summed E-state index contributed by atoms with van der Waals surface area (Å²) < 4.78 is 0.739. The highest BCUT2D eigenvalue weighted by Gasteiger charge is 2.15. The number of hydrogen-bond acceptors (Lipinski definition) is 1. The minimum atomic E-state index is -0.0295. The van der Waals surface area contributed by atoms with E-state index in [2.05, 4.69) is 35.1 Å². The van der Waals surface area contributed by atoms with Crippen LogP contribution in [0.15, 0.2) is 22.7 Å². The van der Waals surface area contributed by atoms with Gasteiger partial charge in [-0.05, 0) is 47.0 Å². The molecular formula is C15H21BrClNO. The van der Waals surface area contributed by atoms with E-state index in [0.29, 0.717) is 10.6 Å². The highest BCUT2D eigenvalue weighted by molar-refractivity contribution is 9.10. The Hall–Kier alpha value is -0.540. The van der Waals surface area contributed by atoms with Crippen LogP contribution in [0.25, 0.3) is 0 Å². The third-order valence-corrected chi connectivity index (χ3v) is 3.95. The molecule has 1 rings (SSSR count). The number of carbonyl (C=O) groups excluding carboxylic acids is 1. The maximum Gasteiger partial charge on any atom is 0.252 e. The van der Waals surface area contributed by atoms with E-state index in [1.165, 1.54) is 0 Å². The zero-order chi connectivity index (χ0) is 14.3. The third-order valence-electron chi connectivity index (χ3n) is 3.05. The molecule has 1 unspecified atom stereocenters. The summed E-state index contributed by atoms with van der Waals surface area (Å²) in [6, 6.07) is 5.50. The van der Waals surface area contributed by atoms with Crippen molar-refractivity contribution in [2.24, 2.45) is 0 Å². The summed E-state index contributed by atoms with van der Waals surface area (Å²) in [5, 5.41) is 3.74. The molecule has 0 saturated carbocycles. The molecule has 0 spiro atoms.